The van der Waals surface area contributed by atoms with E-state index in [0.29, 0.717) is 49.3 Å². The van der Waals surface area contributed by atoms with Gasteiger partial charge in [0.25, 0.3) is 5.91 Å². The zero-order chi connectivity index (χ0) is 25.7. The van der Waals surface area contributed by atoms with Gasteiger partial charge < -0.3 is 14.1 Å². The van der Waals surface area contributed by atoms with Crippen molar-refractivity contribution in [3.63, 3.8) is 0 Å². The summed E-state index contributed by atoms with van der Waals surface area (Å²) < 4.78 is 11.4. The van der Waals surface area contributed by atoms with Crippen molar-refractivity contribution in [3.8, 4) is 5.75 Å². The maximum Gasteiger partial charge on any atom is 0.255 e. The van der Waals surface area contributed by atoms with Crippen molar-refractivity contribution in [3.05, 3.63) is 92.8 Å². The Kier molecular flexibility index (Phi) is 8.11. The van der Waals surface area contributed by atoms with E-state index in [1.54, 1.807) is 12.1 Å². The van der Waals surface area contributed by atoms with Crippen molar-refractivity contribution in [2.24, 2.45) is 0 Å². The van der Waals surface area contributed by atoms with Crippen LogP contribution in [-0.4, -0.2) is 46.9 Å². The molecular formula is C28H32ClN3O4. The van der Waals surface area contributed by atoms with E-state index in [-0.39, 0.29) is 22.5 Å². The summed E-state index contributed by atoms with van der Waals surface area (Å²) in [5, 5.41) is 0.362. The fraction of sp³-hybridized carbons (Fsp3) is 0.393. The fourth-order valence-electron chi connectivity index (χ4n) is 4.13. The van der Waals surface area contributed by atoms with Gasteiger partial charge in [-0.25, -0.2) is 4.98 Å². The number of halogens is 1. The molecule has 1 aliphatic heterocycles. The maximum atomic E-state index is 12.8. The monoisotopic (exact) mass is 509 g/mol. The Labute approximate surface area is 216 Å². The first-order chi connectivity index (χ1) is 17.2. The molecule has 0 atom stereocenters. The quantitative estimate of drug-likeness (QED) is 0.439. The molecular weight excluding hydrogens is 478 g/mol. The third kappa shape index (κ3) is 6.74. The minimum Gasteiger partial charge on any atom is -0.482 e. The summed E-state index contributed by atoms with van der Waals surface area (Å²) in [6.45, 7) is 10.0. The van der Waals surface area contributed by atoms with Crippen LogP contribution in [0.2, 0.25) is 5.15 Å². The molecule has 0 unspecified atom stereocenters. The first-order valence-corrected chi connectivity index (χ1v) is 12.5. The molecule has 0 radical (unpaired) electrons. The van der Waals surface area contributed by atoms with Crippen LogP contribution in [0.3, 0.4) is 0 Å². The van der Waals surface area contributed by atoms with Gasteiger partial charge in [0.2, 0.25) is 11.2 Å². The Morgan fingerprint density at radius 1 is 1.08 bits per heavy atom. The molecule has 1 fully saturated rings. The van der Waals surface area contributed by atoms with Crippen LogP contribution in [0, 0.1) is 0 Å². The zero-order valence-electron chi connectivity index (χ0n) is 21.0. The van der Waals surface area contributed by atoms with E-state index in [2.05, 4.69) is 42.8 Å². The summed E-state index contributed by atoms with van der Waals surface area (Å²) >= 11 is 5.83. The lowest BCUT2D eigenvalue weighted by atomic mass is 9.87. The molecule has 1 aromatic carbocycles. The Hall–Kier alpha value is -3.16. The van der Waals surface area contributed by atoms with Gasteiger partial charge in [0.1, 0.15) is 23.8 Å². The number of hydrogen-bond acceptors (Lipinski definition) is 6. The van der Waals surface area contributed by atoms with E-state index in [9.17, 15) is 9.59 Å². The Morgan fingerprint density at radius 3 is 2.53 bits per heavy atom. The van der Waals surface area contributed by atoms with Gasteiger partial charge in [0.15, 0.2) is 0 Å². The van der Waals surface area contributed by atoms with E-state index < -0.39 is 0 Å². The van der Waals surface area contributed by atoms with Crippen molar-refractivity contribution in [2.45, 2.75) is 45.8 Å². The number of aromatic nitrogens is 1. The minimum atomic E-state index is -0.204. The summed E-state index contributed by atoms with van der Waals surface area (Å²) in [6.07, 6.45) is 3.72. The van der Waals surface area contributed by atoms with Crippen LogP contribution in [-0.2, 0) is 18.6 Å². The highest BCUT2D eigenvalue weighted by atomic mass is 35.5. The highest BCUT2D eigenvalue weighted by Gasteiger charge is 2.21. The van der Waals surface area contributed by atoms with Crippen LogP contribution in [0.5, 0.6) is 5.75 Å². The van der Waals surface area contributed by atoms with E-state index in [1.165, 1.54) is 24.1 Å². The number of nitrogens with zero attached hydrogens (tertiary/aromatic N) is 3. The molecule has 0 aliphatic carbocycles. The lowest BCUT2D eigenvalue weighted by Gasteiger charge is -2.21. The number of rotatable bonds is 6. The van der Waals surface area contributed by atoms with E-state index in [4.69, 9.17) is 20.8 Å². The van der Waals surface area contributed by atoms with Crippen molar-refractivity contribution in [1.82, 2.24) is 14.8 Å². The van der Waals surface area contributed by atoms with Gasteiger partial charge >= 0.3 is 0 Å². The largest absolute Gasteiger partial charge is 0.482 e. The molecule has 0 bridgehead atoms. The second kappa shape index (κ2) is 11.3. The lowest BCUT2D eigenvalue weighted by molar-refractivity contribution is 0.0760. The number of carbonyl (C=O) groups excluding carboxylic acids is 1. The van der Waals surface area contributed by atoms with Crippen molar-refractivity contribution >= 4 is 17.5 Å². The molecule has 7 nitrogen and oxygen atoms in total. The van der Waals surface area contributed by atoms with Crippen molar-refractivity contribution < 1.29 is 13.9 Å². The van der Waals surface area contributed by atoms with E-state index >= 15 is 0 Å². The molecule has 1 aliphatic rings. The molecule has 0 N–H and O–H groups in total. The van der Waals surface area contributed by atoms with Gasteiger partial charge in [-0.2, -0.15) is 0 Å². The molecule has 190 valence electrons. The Bertz CT molecular complexity index is 1230. The highest BCUT2D eigenvalue weighted by molar-refractivity contribution is 6.29. The third-order valence-electron chi connectivity index (χ3n) is 6.30. The number of benzene rings is 1. The van der Waals surface area contributed by atoms with Crippen molar-refractivity contribution in [2.75, 3.05) is 26.2 Å². The normalized spacial score (nSPS) is 14.9. The maximum absolute atomic E-state index is 12.8. The summed E-state index contributed by atoms with van der Waals surface area (Å²) in [7, 11) is 0. The predicted octanol–water partition coefficient (Wildman–Crippen LogP) is 4.91. The number of amides is 1. The molecule has 3 heterocycles. The van der Waals surface area contributed by atoms with Gasteiger partial charge in [-0.05, 0) is 35.1 Å². The summed E-state index contributed by atoms with van der Waals surface area (Å²) in [5.41, 5.74) is 2.65. The molecule has 2 aromatic heterocycles. The third-order valence-corrected chi connectivity index (χ3v) is 6.52. The summed E-state index contributed by atoms with van der Waals surface area (Å²) in [5.74, 6) is 0.716. The average molecular weight is 510 g/mol. The second-order valence-corrected chi connectivity index (χ2v) is 10.5. The van der Waals surface area contributed by atoms with Crippen LogP contribution in [0.4, 0.5) is 0 Å². The van der Waals surface area contributed by atoms with Gasteiger partial charge in [0, 0.05) is 38.4 Å². The van der Waals surface area contributed by atoms with Crippen LogP contribution in [0.15, 0.2) is 64.1 Å². The van der Waals surface area contributed by atoms with E-state index in [0.717, 1.165) is 18.5 Å². The predicted molar refractivity (Wildman–Crippen MR) is 139 cm³/mol. The number of pyridine rings is 1. The highest BCUT2D eigenvalue weighted by Crippen LogP contribution is 2.22. The number of hydrogen-bond donors (Lipinski definition) is 0. The fourth-order valence-corrected chi connectivity index (χ4v) is 4.24. The van der Waals surface area contributed by atoms with Gasteiger partial charge in [-0.1, -0.05) is 56.6 Å². The van der Waals surface area contributed by atoms with Gasteiger partial charge in [0.05, 0.1) is 12.1 Å². The Morgan fingerprint density at radius 2 is 1.86 bits per heavy atom. The SMILES string of the molecule is CC(C)(C)c1ccc(COc2coc(CN3CCCN(C(=O)c4ccc(Cl)nc4)CC3)cc2=O)cc1. The number of ether oxygens (including phenoxy) is 1. The molecule has 1 saturated heterocycles. The molecule has 8 heteroatoms. The molecule has 4 rings (SSSR count). The van der Waals surface area contributed by atoms with Crippen LogP contribution < -0.4 is 10.2 Å². The standard InChI is InChI=1S/C28H32ClN3O4/c1-28(2,3)22-8-5-20(6-9-22)18-36-25-19-35-23(15-24(25)33)17-31-11-4-12-32(14-13-31)27(34)21-7-10-26(29)30-16-21/h5-10,15-16,19H,4,11-14,17-18H2,1-3H3. The van der Waals surface area contributed by atoms with Crippen LogP contribution >= 0.6 is 11.6 Å². The Balaban J connectivity index is 1.30. The van der Waals surface area contributed by atoms with Gasteiger partial charge in [-0.15, -0.1) is 0 Å². The van der Waals surface area contributed by atoms with Gasteiger partial charge in [-0.3, -0.25) is 14.5 Å². The lowest BCUT2D eigenvalue weighted by Crippen LogP contribution is -2.35. The zero-order valence-corrected chi connectivity index (χ0v) is 21.8. The molecule has 36 heavy (non-hydrogen) atoms. The van der Waals surface area contributed by atoms with E-state index in [1.807, 2.05) is 17.0 Å². The molecule has 0 spiro atoms. The van der Waals surface area contributed by atoms with Crippen LogP contribution in [0.25, 0.3) is 0 Å². The average Bonchev–Trinajstić information content (AvgIpc) is 3.09. The molecule has 0 saturated carbocycles. The topological polar surface area (TPSA) is 75.9 Å². The number of carbonyl (C=O) groups is 1. The molecule has 1 amide bonds. The summed E-state index contributed by atoms with van der Waals surface area (Å²) in [4.78, 5) is 33.4. The van der Waals surface area contributed by atoms with Crippen molar-refractivity contribution in [1.29, 1.82) is 0 Å². The summed E-state index contributed by atoms with van der Waals surface area (Å²) in [6, 6.07) is 13.0. The smallest absolute Gasteiger partial charge is 0.255 e. The second-order valence-electron chi connectivity index (χ2n) is 10.1. The minimum absolute atomic E-state index is 0.0536. The first kappa shape index (κ1) is 25.9. The molecule has 3 aromatic rings. The first-order valence-electron chi connectivity index (χ1n) is 12.2. The van der Waals surface area contributed by atoms with Crippen LogP contribution in [0.1, 0.15) is 54.4 Å².